The number of fused-ring (bicyclic) bond motifs is 3. The van der Waals surface area contributed by atoms with E-state index in [1.54, 1.807) is 18.2 Å². The third-order valence-electron chi connectivity index (χ3n) is 5.65. The first-order valence-corrected chi connectivity index (χ1v) is 9.12. The maximum atomic E-state index is 11.3. The molecule has 0 saturated carbocycles. The van der Waals surface area contributed by atoms with Crippen LogP contribution < -0.4 is 23.7 Å². The van der Waals surface area contributed by atoms with Crippen molar-refractivity contribution in [3.8, 4) is 28.7 Å². The molecule has 4 heterocycles. The third-order valence-corrected chi connectivity index (χ3v) is 5.65. The van der Waals surface area contributed by atoms with Crippen LogP contribution in [0.4, 0.5) is 0 Å². The third kappa shape index (κ3) is 2.35. The Kier molecular flexibility index (Phi) is 3.44. The van der Waals surface area contributed by atoms with Gasteiger partial charge in [0.05, 0.1) is 25.2 Å². The molecule has 8 nitrogen and oxygen atoms in total. The molecule has 146 valence electrons. The highest BCUT2D eigenvalue weighted by Gasteiger charge is 2.60. The molecule has 0 bridgehead atoms. The maximum absolute atomic E-state index is 11.3. The lowest BCUT2D eigenvalue weighted by Crippen LogP contribution is -2.46. The van der Waals surface area contributed by atoms with Crippen LogP contribution in [0, 0.1) is 5.92 Å². The van der Waals surface area contributed by atoms with Crippen molar-refractivity contribution in [3.05, 3.63) is 42.0 Å². The molecule has 0 amide bonds. The van der Waals surface area contributed by atoms with Gasteiger partial charge in [-0.3, -0.25) is 0 Å². The van der Waals surface area contributed by atoms with Crippen molar-refractivity contribution in [1.29, 1.82) is 0 Å². The predicted octanol–water partition coefficient (Wildman–Crippen LogP) is 2.00. The zero-order valence-corrected chi connectivity index (χ0v) is 14.8. The summed E-state index contributed by atoms with van der Waals surface area (Å²) in [4.78, 5) is 0. The van der Waals surface area contributed by atoms with Gasteiger partial charge in [-0.25, -0.2) is 0 Å². The Labute approximate surface area is 160 Å². The van der Waals surface area contributed by atoms with Crippen LogP contribution in [0.1, 0.15) is 11.7 Å². The van der Waals surface area contributed by atoms with Crippen LogP contribution in [0.15, 0.2) is 36.4 Å². The van der Waals surface area contributed by atoms with Gasteiger partial charge in [0.15, 0.2) is 28.6 Å². The van der Waals surface area contributed by atoms with E-state index in [1.807, 2.05) is 18.2 Å². The normalized spacial score (nSPS) is 31.8. The molecule has 2 saturated heterocycles. The molecule has 4 unspecified atom stereocenters. The molecule has 8 heteroatoms. The number of ether oxygens (including phenoxy) is 7. The largest absolute Gasteiger partial charge is 0.462 e. The minimum absolute atomic E-state index is 0.117. The molecule has 6 rings (SSSR count). The summed E-state index contributed by atoms with van der Waals surface area (Å²) < 4.78 is 39.2. The van der Waals surface area contributed by atoms with E-state index in [0.29, 0.717) is 35.4 Å². The van der Waals surface area contributed by atoms with E-state index in [4.69, 9.17) is 33.2 Å². The number of aliphatic hydroxyl groups is 1. The lowest BCUT2D eigenvalue weighted by atomic mass is 9.86. The van der Waals surface area contributed by atoms with E-state index in [9.17, 15) is 5.11 Å². The first kappa shape index (κ1) is 16.3. The molecular formula is C20H18O8. The standard InChI is InChI=1S/C20H18O8/c21-20-8-23-18(11-1-3-14-16(5-11)26-9-24-14)13(20)7-22-19(20)28-12-2-4-15-17(6-12)27-10-25-15/h1-6,13,18-19,21H,7-10H2. The molecule has 2 aromatic rings. The Balaban J connectivity index is 1.23. The quantitative estimate of drug-likeness (QED) is 0.858. The highest BCUT2D eigenvalue weighted by molar-refractivity contribution is 5.47. The van der Waals surface area contributed by atoms with E-state index < -0.39 is 11.9 Å². The van der Waals surface area contributed by atoms with Gasteiger partial charge < -0.3 is 38.3 Å². The predicted molar refractivity (Wildman–Crippen MR) is 92.6 cm³/mol. The van der Waals surface area contributed by atoms with Crippen LogP contribution in [0.5, 0.6) is 28.7 Å². The van der Waals surface area contributed by atoms with Crippen LogP contribution in [0.3, 0.4) is 0 Å². The summed E-state index contributed by atoms with van der Waals surface area (Å²) in [6, 6.07) is 10.9. The zero-order chi connectivity index (χ0) is 18.7. The van der Waals surface area contributed by atoms with Gasteiger partial charge >= 0.3 is 0 Å². The zero-order valence-electron chi connectivity index (χ0n) is 14.8. The molecule has 4 aliphatic rings. The molecule has 0 radical (unpaired) electrons. The number of benzene rings is 2. The van der Waals surface area contributed by atoms with Crippen molar-refractivity contribution in [1.82, 2.24) is 0 Å². The Hall–Kier alpha value is -2.68. The molecular weight excluding hydrogens is 368 g/mol. The van der Waals surface area contributed by atoms with Crippen LogP contribution in [-0.2, 0) is 9.47 Å². The van der Waals surface area contributed by atoms with E-state index in [2.05, 4.69) is 0 Å². The maximum Gasteiger partial charge on any atom is 0.231 e. The Morgan fingerprint density at radius 3 is 2.39 bits per heavy atom. The Bertz CT molecular complexity index is 930. The van der Waals surface area contributed by atoms with Crippen LogP contribution in [0.25, 0.3) is 0 Å². The van der Waals surface area contributed by atoms with Crippen molar-refractivity contribution >= 4 is 0 Å². The van der Waals surface area contributed by atoms with Crippen molar-refractivity contribution in [2.24, 2.45) is 5.92 Å². The van der Waals surface area contributed by atoms with E-state index in [-0.39, 0.29) is 32.2 Å². The smallest absolute Gasteiger partial charge is 0.231 e. The van der Waals surface area contributed by atoms with E-state index in [1.165, 1.54) is 0 Å². The first-order valence-electron chi connectivity index (χ1n) is 9.12. The fourth-order valence-electron chi connectivity index (χ4n) is 4.15. The molecule has 2 fully saturated rings. The van der Waals surface area contributed by atoms with Crippen LogP contribution in [-0.4, -0.2) is 43.8 Å². The van der Waals surface area contributed by atoms with Gasteiger partial charge in [0, 0.05) is 6.07 Å². The number of rotatable bonds is 3. The van der Waals surface area contributed by atoms with Gasteiger partial charge in [-0.15, -0.1) is 0 Å². The monoisotopic (exact) mass is 386 g/mol. The lowest BCUT2D eigenvalue weighted by Gasteiger charge is -2.27. The second-order valence-corrected chi connectivity index (χ2v) is 7.24. The molecule has 2 aromatic carbocycles. The SMILES string of the molecule is OC12COC(c3ccc4c(c3)OCO4)C1COC2Oc1ccc2c(c1)OCO2. The topological polar surface area (TPSA) is 84.8 Å². The lowest BCUT2D eigenvalue weighted by molar-refractivity contribution is -0.152. The molecule has 4 aliphatic heterocycles. The van der Waals surface area contributed by atoms with Gasteiger partial charge in [0.25, 0.3) is 0 Å². The summed E-state index contributed by atoms with van der Waals surface area (Å²) in [5, 5.41) is 11.3. The minimum Gasteiger partial charge on any atom is -0.462 e. The number of hydrogen-bond donors (Lipinski definition) is 1. The summed E-state index contributed by atoms with van der Waals surface area (Å²) >= 11 is 0. The van der Waals surface area contributed by atoms with Gasteiger partial charge in [0.2, 0.25) is 19.9 Å². The Morgan fingerprint density at radius 1 is 0.857 bits per heavy atom. The van der Waals surface area contributed by atoms with Crippen LogP contribution >= 0.6 is 0 Å². The van der Waals surface area contributed by atoms with Crippen molar-refractivity contribution in [2.75, 3.05) is 26.8 Å². The van der Waals surface area contributed by atoms with E-state index in [0.717, 1.165) is 5.56 Å². The molecule has 4 atom stereocenters. The van der Waals surface area contributed by atoms with Crippen molar-refractivity contribution in [2.45, 2.75) is 18.0 Å². The van der Waals surface area contributed by atoms with Gasteiger partial charge in [-0.1, -0.05) is 6.07 Å². The van der Waals surface area contributed by atoms with Gasteiger partial charge in [-0.2, -0.15) is 0 Å². The molecule has 1 N–H and O–H groups in total. The summed E-state index contributed by atoms with van der Waals surface area (Å²) in [6.45, 7) is 0.846. The van der Waals surface area contributed by atoms with Gasteiger partial charge in [-0.05, 0) is 29.8 Å². The summed E-state index contributed by atoms with van der Waals surface area (Å²) in [5.41, 5.74) is -0.338. The molecule has 28 heavy (non-hydrogen) atoms. The van der Waals surface area contributed by atoms with Gasteiger partial charge in [0.1, 0.15) is 5.75 Å². The second-order valence-electron chi connectivity index (χ2n) is 7.24. The second kappa shape index (κ2) is 5.91. The Morgan fingerprint density at radius 2 is 1.57 bits per heavy atom. The fraction of sp³-hybridized carbons (Fsp3) is 0.400. The summed E-state index contributed by atoms with van der Waals surface area (Å²) in [6.07, 6.45) is -1.15. The fourth-order valence-corrected chi connectivity index (χ4v) is 4.15. The van der Waals surface area contributed by atoms with Crippen LogP contribution in [0.2, 0.25) is 0 Å². The average molecular weight is 386 g/mol. The van der Waals surface area contributed by atoms with Crippen molar-refractivity contribution < 1.29 is 38.3 Å². The molecule has 0 aromatic heterocycles. The summed E-state index contributed by atoms with van der Waals surface area (Å²) in [5.74, 6) is 2.96. The highest BCUT2D eigenvalue weighted by atomic mass is 16.7. The number of hydrogen-bond acceptors (Lipinski definition) is 8. The minimum atomic E-state index is -1.25. The first-order chi connectivity index (χ1) is 13.7. The highest BCUT2D eigenvalue weighted by Crippen LogP contribution is 2.49. The molecule has 0 aliphatic carbocycles. The molecule has 0 spiro atoms. The van der Waals surface area contributed by atoms with E-state index >= 15 is 0 Å². The van der Waals surface area contributed by atoms with Crippen molar-refractivity contribution in [3.63, 3.8) is 0 Å². The summed E-state index contributed by atoms with van der Waals surface area (Å²) in [7, 11) is 0. The average Bonchev–Trinajstić information content (AvgIpc) is 3.46.